The van der Waals surface area contributed by atoms with Gasteiger partial charge in [-0.25, -0.2) is 4.79 Å². The SMILES string of the molecule is CC1CCC(NC(=O)Nc2ccccc2CN2C(=O)CCC2=O)CC1. The molecule has 0 unspecified atom stereocenters. The summed E-state index contributed by atoms with van der Waals surface area (Å²) in [6, 6.07) is 7.27. The number of nitrogens with zero attached hydrogens (tertiary/aromatic N) is 1. The zero-order chi connectivity index (χ0) is 17.8. The first kappa shape index (κ1) is 17.5. The van der Waals surface area contributed by atoms with Crippen molar-refractivity contribution in [3.8, 4) is 0 Å². The summed E-state index contributed by atoms with van der Waals surface area (Å²) in [7, 11) is 0. The van der Waals surface area contributed by atoms with Gasteiger partial charge in [-0.3, -0.25) is 14.5 Å². The average molecular weight is 343 g/mol. The summed E-state index contributed by atoms with van der Waals surface area (Å²) in [5.74, 6) is 0.429. The van der Waals surface area contributed by atoms with E-state index >= 15 is 0 Å². The van der Waals surface area contributed by atoms with Crippen molar-refractivity contribution in [3.63, 3.8) is 0 Å². The number of amides is 4. The zero-order valence-electron chi connectivity index (χ0n) is 14.6. The maximum Gasteiger partial charge on any atom is 0.319 e. The van der Waals surface area contributed by atoms with Crippen molar-refractivity contribution in [3.05, 3.63) is 29.8 Å². The Morgan fingerprint density at radius 1 is 1.08 bits per heavy atom. The lowest BCUT2D eigenvalue weighted by atomic mass is 9.87. The number of carbonyl (C=O) groups is 3. The minimum atomic E-state index is -0.230. The van der Waals surface area contributed by atoms with Crippen LogP contribution in [-0.4, -0.2) is 28.8 Å². The lowest BCUT2D eigenvalue weighted by Gasteiger charge is -2.27. The second-order valence-electron chi connectivity index (χ2n) is 7.09. The molecule has 1 heterocycles. The van der Waals surface area contributed by atoms with Crippen LogP contribution in [-0.2, 0) is 16.1 Å². The van der Waals surface area contributed by atoms with E-state index in [1.54, 1.807) is 6.07 Å². The number of para-hydroxylation sites is 1. The molecule has 2 fully saturated rings. The molecule has 6 nitrogen and oxygen atoms in total. The lowest BCUT2D eigenvalue weighted by molar-refractivity contribution is -0.139. The van der Waals surface area contributed by atoms with Gasteiger partial charge >= 0.3 is 6.03 Å². The molecule has 6 heteroatoms. The Kier molecular flexibility index (Phi) is 5.36. The molecule has 2 N–H and O–H groups in total. The van der Waals surface area contributed by atoms with Crippen molar-refractivity contribution in [2.45, 2.75) is 58.0 Å². The van der Waals surface area contributed by atoms with Gasteiger partial charge in [-0.2, -0.15) is 0 Å². The van der Waals surface area contributed by atoms with Crippen LogP contribution in [0, 0.1) is 5.92 Å². The highest BCUT2D eigenvalue weighted by Crippen LogP contribution is 2.24. The maximum atomic E-state index is 12.3. The van der Waals surface area contributed by atoms with Crippen LogP contribution in [0.5, 0.6) is 0 Å². The highest BCUT2D eigenvalue weighted by Gasteiger charge is 2.29. The topological polar surface area (TPSA) is 78.5 Å². The molecular formula is C19H25N3O3. The monoisotopic (exact) mass is 343 g/mol. The van der Waals surface area contributed by atoms with E-state index in [4.69, 9.17) is 0 Å². The van der Waals surface area contributed by atoms with Crippen molar-refractivity contribution < 1.29 is 14.4 Å². The second kappa shape index (κ2) is 7.68. The van der Waals surface area contributed by atoms with Crippen LogP contribution >= 0.6 is 0 Å². The smallest absolute Gasteiger partial charge is 0.319 e. The van der Waals surface area contributed by atoms with E-state index in [0.717, 1.165) is 37.2 Å². The van der Waals surface area contributed by atoms with Gasteiger partial charge in [0.2, 0.25) is 11.8 Å². The molecule has 1 aliphatic carbocycles. The molecule has 25 heavy (non-hydrogen) atoms. The molecule has 1 aliphatic heterocycles. The standard InChI is InChI=1S/C19H25N3O3/c1-13-6-8-15(9-7-13)20-19(25)21-16-5-3-2-4-14(16)12-22-17(23)10-11-18(22)24/h2-5,13,15H,6-12H2,1H3,(H2,20,21,25). The Morgan fingerprint density at radius 2 is 1.72 bits per heavy atom. The van der Waals surface area contributed by atoms with Gasteiger partial charge in [0, 0.05) is 24.6 Å². The van der Waals surface area contributed by atoms with Crippen molar-refractivity contribution in [1.82, 2.24) is 10.2 Å². The second-order valence-corrected chi connectivity index (χ2v) is 7.09. The van der Waals surface area contributed by atoms with Gasteiger partial charge in [-0.05, 0) is 43.2 Å². The fourth-order valence-corrected chi connectivity index (χ4v) is 3.50. The number of hydrogen-bond donors (Lipinski definition) is 2. The van der Waals surface area contributed by atoms with Crippen molar-refractivity contribution in [2.75, 3.05) is 5.32 Å². The Bertz CT molecular complexity index is 650. The van der Waals surface area contributed by atoms with E-state index in [-0.39, 0.29) is 43.3 Å². The molecular weight excluding hydrogens is 318 g/mol. The molecule has 0 spiro atoms. The van der Waals surface area contributed by atoms with Crippen molar-refractivity contribution in [2.24, 2.45) is 5.92 Å². The minimum absolute atomic E-state index is 0.152. The van der Waals surface area contributed by atoms with E-state index < -0.39 is 0 Å². The maximum absolute atomic E-state index is 12.3. The van der Waals surface area contributed by atoms with E-state index in [1.165, 1.54) is 4.90 Å². The predicted octanol–water partition coefficient (Wildman–Crippen LogP) is 3.04. The third-order valence-corrected chi connectivity index (χ3v) is 5.10. The van der Waals surface area contributed by atoms with E-state index in [0.29, 0.717) is 5.69 Å². The van der Waals surface area contributed by atoms with Crippen LogP contribution in [0.3, 0.4) is 0 Å². The Labute approximate surface area is 148 Å². The Morgan fingerprint density at radius 3 is 2.40 bits per heavy atom. The molecule has 4 amide bonds. The van der Waals surface area contributed by atoms with E-state index in [2.05, 4.69) is 17.6 Å². The predicted molar refractivity (Wildman–Crippen MR) is 94.8 cm³/mol. The van der Waals surface area contributed by atoms with E-state index in [9.17, 15) is 14.4 Å². The third kappa shape index (κ3) is 4.38. The number of hydrogen-bond acceptors (Lipinski definition) is 3. The molecule has 3 rings (SSSR count). The van der Waals surface area contributed by atoms with Gasteiger partial charge in [0.1, 0.15) is 0 Å². The van der Waals surface area contributed by atoms with Gasteiger partial charge in [0.05, 0.1) is 6.54 Å². The normalized spacial score (nSPS) is 23.6. The van der Waals surface area contributed by atoms with Gasteiger partial charge < -0.3 is 10.6 Å². The molecule has 1 aromatic rings. The summed E-state index contributed by atoms with van der Waals surface area (Å²) in [5.41, 5.74) is 1.40. The van der Waals surface area contributed by atoms with Crippen LogP contribution < -0.4 is 10.6 Å². The summed E-state index contributed by atoms with van der Waals surface area (Å²) in [6.45, 7) is 2.45. The highest BCUT2D eigenvalue weighted by atomic mass is 16.2. The Balaban J connectivity index is 1.61. The molecule has 134 valence electrons. The van der Waals surface area contributed by atoms with Crippen LogP contribution in [0.1, 0.15) is 51.0 Å². The van der Waals surface area contributed by atoms with Crippen LogP contribution in [0.15, 0.2) is 24.3 Å². The largest absolute Gasteiger partial charge is 0.335 e. The summed E-state index contributed by atoms with van der Waals surface area (Å²) >= 11 is 0. The van der Waals surface area contributed by atoms with Gasteiger partial charge in [0.15, 0.2) is 0 Å². The lowest BCUT2D eigenvalue weighted by Crippen LogP contribution is -2.40. The zero-order valence-corrected chi connectivity index (χ0v) is 14.6. The molecule has 0 aromatic heterocycles. The molecule has 1 saturated carbocycles. The van der Waals surface area contributed by atoms with Gasteiger partial charge in [0.25, 0.3) is 0 Å². The number of likely N-dealkylation sites (tertiary alicyclic amines) is 1. The molecule has 0 radical (unpaired) electrons. The first-order chi connectivity index (χ1) is 12.0. The van der Waals surface area contributed by atoms with Gasteiger partial charge in [-0.15, -0.1) is 0 Å². The quantitative estimate of drug-likeness (QED) is 0.825. The minimum Gasteiger partial charge on any atom is -0.335 e. The van der Waals surface area contributed by atoms with E-state index in [1.807, 2.05) is 18.2 Å². The number of urea groups is 1. The molecule has 2 aliphatic rings. The first-order valence-electron chi connectivity index (χ1n) is 9.01. The Hall–Kier alpha value is -2.37. The summed E-state index contributed by atoms with van der Waals surface area (Å²) in [4.78, 5) is 37.2. The molecule has 1 aromatic carbocycles. The van der Waals surface area contributed by atoms with Gasteiger partial charge in [-0.1, -0.05) is 25.1 Å². The number of anilines is 1. The van der Waals surface area contributed by atoms with Crippen LogP contribution in [0.4, 0.5) is 10.5 Å². The average Bonchev–Trinajstić information content (AvgIpc) is 2.90. The number of rotatable bonds is 4. The highest BCUT2D eigenvalue weighted by molar-refractivity contribution is 6.02. The first-order valence-corrected chi connectivity index (χ1v) is 9.01. The van der Waals surface area contributed by atoms with Crippen LogP contribution in [0.2, 0.25) is 0 Å². The molecule has 0 bridgehead atoms. The number of benzene rings is 1. The molecule has 1 saturated heterocycles. The van der Waals surface area contributed by atoms with Crippen LogP contribution in [0.25, 0.3) is 0 Å². The number of imide groups is 1. The van der Waals surface area contributed by atoms with Crippen molar-refractivity contribution >= 4 is 23.5 Å². The summed E-state index contributed by atoms with van der Waals surface area (Å²) < 4.78 is 0. The fourth-order valence-electron chi connectivity index (χ4n) is 3.50. The fraction of sp³-hybridized carbons (Fsp3) is 0.526. The number of nitrogens with one attached hydrogen (secondary N) is 2. The summed E-state index contributed by atoms with van der Waals surface area (Å²) in [6.07, 6.45) is 4.84. The number of carbonyl (C=O) groups excluding carboxylic acids is 3. The van der Waals surface area contributed by atoms with Crippen molar-refractivity contribution in [1.29, 1.82) is 0 Å². The molecule has 0 atom stereocenters. The third-order valence-electron chi connectivity index (χ3n) is 5.10. The summed E-state index contributed by atoms with van der Waals surface area (Å²) in [5, 5.41) is 5.90.